The molecule has 2 atom stereocenters. The zero-order valence-corrected chi connectivity index (χ0v) is 19.9. The highest BCUT2D eigenvalue weighted by molar-refractivity contribution is 8.14. The highest BCUT2D eigenvalue weighted by Crippen LogP contribution is 2.41. The number of carbonyl (C=O) groups excluding carboxylic acids is 3. The SMILES string of the molecule is CO/N=C(/C(=O)N[C@@H]1C(=O)N2C(C(=O)O)=C(CSC(=O)c3ccco3)CS[C@@H]12)c1csc(N)n1. The van der Waals surface area contributed by atoms with Gasteiger partial charge < -0.3 is 25.4 Å². The number of nitrogens with two attached hydrogens (primary N) is 1. The number of rotatable bonds is 8. The van der Waals surface area contributed by atoms with Crippen molar-refractivity contribution in [3.8, 4) is 0 Å². The second kappa shape index (κ2) is 9.90. The van der Waals surface area contributed by atoms with Gasteiger partial charge in [0.2, 0.25) is 0 Å². The minimum atomic E-state index is -1.29. The molecule has 0 spiro atoms. The number of aromatic nitrogens is 1. The molecule has 15 heteroatoms. The molecule has 4 N–H and O–H groups in total. The van der Waals surface area contributed by atoms with Crippen LogP contribution in [0.1, 0.15) is 16.2 Å². The van der Waals surface area contributed by atoms with E-state index in [0.29, 0.717) is 5.57 Å². The fourth-order valence-corrected chi connectivity index (χ4v) is 6.14. The number of amides is 2. The summed E-state index contributed by atoms with van der Waals surface area (Å²) in [6, 6.07) is 2.13. The number of nitrogen functional groups attached to an aromatic ring is 1. The van der Waals surface area contributed by atoms with Crippen molar-refractivity contribution in [1.82, 2.24) is 15.2 Å². The van der Waals surface area contributed by atoms with Crippen LogP contribution in [-0.4, -0.2) is 73.6 Å². The number of oxime groups is 1. The van der Waals surface area contributed by atoms with Gasteiger partial charge in [-0.15, -0.1) is 23.1 Å². The number of carboxylic acid groups (broad SMARTS) is 1. The number of hydrogen-bond acceptors (Lipinski definition) is 12. The lowest BCUT2D eigenvalue weighted by atomic mass is 10.0. The van der Waals surface area contributed by atoms with Crippen molar-refractivity contribution in [2.45, 2.75) is 11.4 Å². The highest BCUT2D eigenvalue weighted by Gasteiger charge is 2.54. The van der Waals surface area contributed by atoms with Gasteiger partial charge in [-0.3, -0.25) is 19.3 Å². The second-order valence-corrected chi connectivity index (χ2v) is 9.81. The van der Waals surface area contributed by atoms with Gasteiger partial charge in [0.05, 0.1) is 6.26 Å². The number of carbonyl (C=O) groups is 4. The average molecular weight is 524 g/mol. The third kappa shape index (κ3) is 4.53. The molecular weight excluding hydrogens is 506 g/mol. The lowest BCUT2D eigenvalue weighted by molar-refractivity contribution is -0.150. The summed E-state index contributed by atoms with van der Waals surface area (Å²) in [7, 11) is 1.26. The van der Waals surface area contributed by atoms with Crippen LogP contribution in [0.3, 0.4) is 0 Å². The van der Waals surface area contributed by atoms with E-state index in [9.17, 15) is 24.3 Å². The van der Waals surface area contributed by atoms with Crippen LogP contribution in [0.4, 0.5) is 5.13 Å². The van der Waals surface area contributed by atoms with Crippen LogP contribution in [0.5, 0.6) is 0 Å². The van der Waals surface area contributed by atoms with Crippen molar-refractivity contribution in [2.24, 2.45) is 5.16 Å². The first-order valence-corrected chi connectivity index (χ1v) is 12.5. The van der Waals surface area contributed by atoms with Gasteiger partial charge in [0.15, 0.2) is 16.6 Å². The number of fused-ring (bicyclic) bond motifs is 1. The lowest BCUT2D eigenvalue weighted by Crippen LogP contribution is -2.71. The van der Waals surface area contributed by atoms with Crippen molar-refractivity contribution in [3.05, 3.63) is 46.5 Å². The van der Waals surface area contributed by atoms with Gasteiger partial charge in [0.1, 0.15) is 29.9 Å². The van der Waals surface area contributed by atoms with Crippen LogP contribution in [0, 0.1) is 0 Å². The Morgan fingerprint density at radius 2 is 2.26 bits per heavy atom. The maximum Gasteiger partial charge on any atom is 0.352 e. The van der Waals surface area contributed by atoms with Crippen LogP contribution < -0.4 is 11.1 Å². The smallest absolute Gasteiger partial charge is 0.352 e. The summed E-state index contributed by atoms with van der Waals surface area (Å²) in [4.78, 5) is 59.6. The molecule has 0 saturated carbocycles. The van der Waals surface area contributed by atoms with E-state index in [1.165, 1.54) is 36.6 Å². The number of thiazole rings is 1. The molecule has 2 aliphatic rings. The van der Waals surface area contributed by atoms with Gasteiger partial charge in [-0.1, -0.05) is 16.9 Å². The summed E-state index contributed by atoms with van der Waals surface area (Å²) < 4.78 is 5.05. The van der Waals surface area contributed by atoms with Gasteiger partial charge in [-0.2, -0.15) is 0 Å². The normalized spacial score (nSPS) is 20.0. The Balaban J connectivity index is 1.47. The van der Waals surface area contributed by atoms with Gasteiger partial charge in [0.25, 0.3) is 16.9 Å². The topological polar surface area (TPSA) is 177 Å². The quantitative estimate of drug-likeness (QED) is 0.255. The molecule has 2 aliphatic heterocycles. The lowest BCUT2D eigenvalue weighted by Gasteiger charge is -2.49. The van der Waals surface area contributed by atoms with Crippen molar-refractivity contribution < 1.29 is 33.5 Å². The van der Waals surface area contributed by atoms with E-state index < -0.39 is 29.2 Å². The minimum absolute atomic E-state index is 0.0809. The fraction of sp³-hybridized carbons (Fsp3) is 0.263. The Kier molecular flexibility index (Phi) is 6.95. The van der Waals surface area contributed by atoms with Crippen LogP contribution in [0.25, 0.3) is 0 Å². The van der Waals surface area contributed by atoms with Gasteiger partial charge in [0, 0.05) is 16.9 Å². The largest absolute Gasteiger partial charge is 0.477 e. The van der Waals surface area contributed by atoms with E-state index in [2.05, 4.69) is 15.5 Å². The Hall–Kier alpha value is -3.30. The molecule has 0 aliphatic carbocycles. The van der Waals surface area contributed by atoms with E-state index in [1.807, 2.05) is 0 Å². The molecule has 178 valence electrons. The van der Waals surface area contributed by atoms with Gasteiger partial charge in [-0.25, -0.2) is 9.78 Å². The van der Waals surface area contributed by atoms with E-state index >= 15 is 0 Å². The van der Waals surface area contributed by atoms with Crippen molar-refractivity contribution >= 4 is 68.6 Å². The van der Waals surface area contributed by atoms with Gasteiger partial charge >= 0.3 is 5.97 Å². The third-order valence-electron chi connectivity index (χ3n) is 4.80. The molecule has 4 rings (SSSR count). The zero-order chi connectivity index (χ0) is 24.4. The molecular formula is C19H17N5O7S3. The Morgan fingerprint density at radius 1 is 1.47 bits per heavy atom. The van der Waals surface area contributed by atoms with Crippen LogP contribution in [0.2, 0.25) is 0 Å². The van der Waals surface area contributed by atoms with E-state index in [-0.39, 0.29) is 44.6 Å². The first kappa shape index (κ1) is 23.8. The molecule has 2 amide bonds. The number of hydrogen-bond donors (Lipinski definition) is 3. The summed E-state index contributed by atoms with van der Waals surface area (Å²) >= 11 is 3.29. The number of thioether (sulfide) groups is 2. The predicted octanol–water partition coefficient (Wildman–Crippen LogP) is 0.981. The molecule has 1 fully saturated rings. The molecule has 2 aromatic heterocycles. The average Bonchev–Trinajstić information content (AvgIpc) is 3.50. The second-order valence-electron chi connectivity index (χ2n) is 6.87. The highest BCUT2D eigenvalue weighted by atomic mass is 32.2. The summed E-state index contributed by atoms with van der Waals surface area (Å²) in [5.74, 6) is -2.08. The summed E-state index contributed by atoms with van der Waals surface area (Å²) in [6.45, 7) is 0. The van der Waals surface area contributed by atoms with E-state index in [0.717, 1.165) is 28.0 Å². The summed E-state index contributed by atoms with van der Waals surface area (Å²) in [6.07, 6.45) is 1.37. The van der Waals surface area contributed by atoms with E-state index in [4.69, 9.17) is 15.0 Å². The Morgan fingerprint density at radius 3 is 2.88 bits per heavy atom. The molecule has 1 saturated heterocycles. The molecule has 34 heavy (non-hydrogen) atoms. The molecule has 0 bridgehead atoms. The number of anilines is 1. The number of furan rings is 1. The standard InChI is InChI=1S/C19H17N5O7S3/c1-30-23-11(9-7-34-19(20)21-9)14(25)22-12-15(26)24-13(17(27)28)8(5-32-16(12)24)6-33-18(29)10-3-2-4-31-10/h2-4,7,12,16H,5-6H2,1H3,(H2,20,21)(H,22,25)(H,27,28)/b23-11+/t12-,16+/m1/s1. The number of carboxylic acids is 1. The molecule has 0 radical (unpaired) electrons. The monoisotopic (exact) mass is 523 g/mol. The number of nitrogens with one attached hydrogen (secondary N) is 1. The Labute approximate surface area is 204 Å². The maximum atomic E-state index is 12.8. The van der Waals surface area contributed by atoms with Crippen molar-refractivity contribution in [1.29, 1.82) is 0 Å². The molecule has 12 nitrogen and oxygen atoms in total. The Bertz CT molecular complexity index is 1210. The summed E-state index contributed by atoms with van der Waals surface area (Å²) in [5.41, 5.74) is 5.89. The fourth-order valence-electron chi connectivity index (χ4n) is 3.31. The zero-order valence-electron chi connectivity index (χ0n) is 17.4. The van der Waals surface area contributed by atoms with Gasteiger partial charge in [-0.05, 0) is 17.7 Å². The van der Waals surface area contributed by atoms with Crippen LogP contribution in [-0.2, 0) is 19.2 Å². The number of nitrogens with zero attached hydrogens (tertiary/aromatic N) is 3. The van der Waals surface area contributed by atoms with E-state index in [1.54, 1.807) is 6.07 Å². The summed E-state index contributed by atoms with van der Waals surface area (Å²) in [5, 5.41) is 16.8. The first-order chi connectivity index (χ1) is 16.3. The van der Waals surface area contributed by atoms with Crippen LogP contribution in [0.15, 0.2) is 44.6 Å². The molecule has 0 unspecified atom stereocenters. The first-order valence-electron chi connectivity index (χ1n) is 9.55. The predicted molar refractivity (Wildman–Crippen MR) is 125 cm³/mol. The number of aliphatic carboxylic acids is 1. The van der Waals surface area contributed by atoms with Crippen molar-refractivity contribution in [2.75, 3.05) is 24.3 Å². The third-order valence-corrected chi connectivity index (χ3v) is 7.77. The maximum absolute atomic E-state index is 12.8. The molecule has 2 aromatic rings. The number of β-lactam (4-membered cyclic amide) rings is 1. The molecule has 4 heterocycles. The van der Waals surface area contributed by atoms with Crippen molar-refractivity contribution in [3.63, 3.8) is 0 Å². The molecule has 0 aromatic carbocycles. The van der Waals surface area contributed by atoms with Crippen LogP contribution >= 0.6 is 34.9 Å². The minimum Gasteiger partial charge on any atom is -0.477 e.